The second-order valence-corrected chi connectivity index (χ2v) is 9.46. The molecule has 2 rings (SSSR count). The third-order valence-electron chi connectivity index (χ3n) is 5.07. The van der Waals surface area contributed by atoms with Crippen molar-refractivity contribution in [2.75, 3.05) is 66.2 Å². The average molecular weight is 410 g/mol. The van der Waals surface area contributed by atoms with Crippen molar-refractivity contribution in [2.45, 2.75) is 24.2 Å². The van der Waals surface area contributed by atoms with E-state index in [2.05, 4.69) is 32.5 Å². The van der Waals surface area contributed by atoms with Crippen LogP contribution in [0.4, 0.5) is 0 Å². The normalized spacial score (nSPS) is 16.9. The van der Waals surface area contributed by atoms with E-state index < -0.39 is 9.84 Å². The average Bonchev–Trinajstić information content (AvgIpc) is 2.67. The van der Waals surface area contributed by atoms with E-state index in [1.54, 1.807) is 19.2 Å². The molecule has 0 unspecified atom stereocenters. The highest BCUT2D eigenvalue weighted by atomic mass is 32.2. The predicted molar refractivity (Wildman–Crippen MR) is 116 cm³/mol. The molecule has 1 aromatic rings. The lowest BCUT2D eigenvalue weighted by atomic mass is 10.1. The Morgan fingerprint density at radius 2 is 1.68 bits per heavy atom. The molecule has 0 saturated carbocycles. The highest BCUT2D eigenvalue weighted by Crippen LogP contribution is 2.10. The summed E-state index contributed by atoms with van der Waals surface area (Å²) in [4.78, 5) is 9.55. The Bertz CT molecular complexity index is 711. The van der Waals surface area contributed by atoms with Crippen molar-refractivity contribution in [3.05, 3.63) is 29.8 Å². The Labute approximate surface area is 170 Å². The predicted octanol–water partition coefficient (Wildman–Crippen LogP) is 0.825. The molecule has 7 nitrogen and oxygen atoms in total. The number of aliphatic imine (C=N–C) groups is 1. The molecule has 1 saturated heterocycles. The van der Waals surface area contributed by atoms with Gasteiger partial charge in [-0.05, 0) is 50.6 Å². The molecule has 28 heavy (non-hydrogen) atoms. The molecule has 158 valence electrons. The summed E-state index contributed by atoms with van der Waals surface area (Å²) in [6, 6.07) is 7.06. The van der Waals surface area contributed by atoms with Gasteiger partial charge in [0, 0.05) is 52.6 Å². The maximum Gasteiger partial charge on any atom is 0.190 e. The van der Waals surface area contributed by atoms with Crippen LogP contribution in [0, 0.1) is 0 Å². The molecule has 1 aliphatic heterocycles. The lowest BCUT2D eigenvalue weighted by molar-refractivity contribution is 0.152. The molecule has 2 N–H and O–H groups in total. The Morgan fingerprint density at radius 3 is 2.29 bits per heavy atom. The third kappa shape index (κ3) is 8.16. The Balaban J connectivity index is 1.58. The fourth-order valence-corrected chi connectivity index (χ4v) is 3.82. The Morgan fingerprint density at radius 1 is 1.04 bits per heavy atom. The van der Waals surface area contributed by atoms with E-state index in [9.17, 15) is 8.42 Å². The number of likely N-dealkylation sites (N-methyl/N-ethyl adjacent to an activating group) is 1. The van der Waals surface area contributed by atoms with Gasteiger partial charge in [-0.25, -0.2) is 8.42 Å². The monoisotopic (exact) mass is 409 g/mol. The van der Waals surface area contributed by atoms with E-state index in [0.717, 1.165) is 37.5 Å². The van der Waals surface area contributed by atoms with Crippen LogP contribution < -0.4 is 10.6 Å². The zero-order valence-corrected chi connectivity index (χ0v) is 18.3. The van der Waals surface area contributed by atoms with Crippen LogP contribution in [-0.4, -0.2) is 90.3 Å². The molecule has 0 radical (unpaired) electrons. The van der Waals surface area contributed by atoms with Crippen LogP contribution in [0.2, 0.25) is 0 Å². The first-order valence-corrected chi connectivity index (χ1v) is 11.9. The first kappa shape index (κ1) is 22.6. The number of sulfone groups is 1. The second-order valence-electron chi connectivity index (χ2n) is 7.44. The van der Waals surface area contributed by atoms with E-state index in [4.69, 9.17) is 0 Å². The summed E-state index contributed by atoms with van der Waals surface area (Å²) in [5.41, 5.74) is 1.10. The number of nitrogens with zero attached hydrogens (tertiary/aromatic N) is 3. The Kier molecular flexibility index (Phi) is 9.21. The molecule has 1 aliphatic rings. The summed E-state index contributed by atoms with van der Waals surface area (Å²) in [6.45, 7) is 7.54. The minimum atomic E-state index is -3.13. The molecular weight excluding hydrogens is 374 g/mol. The highest BCUT2D eigenvalue weighted by Gasteiger charge is 2.12. The van der Waals surface area contributed by atoms with Crippen LogP contribution >= 0.6 is 0 Å². The zero-order chi connectivity index (χ0) is 20.4. The van der Waals surface area contributed by atoms with Crippen molar-refractivity contribution in [3.63, 3.8) is 0 Å². The lowest BCUT2D eigenvalue weighted by Crippen LogP contribution is -2.44. The van der Waals surface area contributed by atoms with Crippen molar-refractivity contribution in [1.29, 1.82) is 0 Å². The minimum absolute atomic E-state index is 0.359. The molecule has 0 spiro atoms. The molecule has 1 fully saturated rings. The van der Waals surface area contributed by atoms with Crippen molar-refractivity contribution in [3.8, 4) is 0 Å². The number of unbranched alkanes of at least 4 members (excludes halogenated alkanes) is 1. The SMILES string of the molecule is CN=C(NCCCCN1CCN(C)CC1)NCCc1ccc(S(C)(=O)=O)cc1. The molecule has 8 heteroatoms. The summed E-state index contributed by atoms with van der Waals surface area (Å²) in [5, 5.41) is 6.67. The Hall–Kier alpha value is -1.64. The zero-order valence-electron chi connectivity index (χ0n) is 17.4. The number of hydrogen-bond donors (Lipinski definition) is 2. The second kappa shape index (κ2) is 11.4. The maximum absolute atomic E-state index is 11.5. The summed E-state index contributed by atoms with van der Waals surface area (Å²) in [5.74, 6) is 0.812. The molecule has 0 amide bonds. The molecule has 0 atom stereocenters. The summed E-state index contributed by atoms with van der Waals surface area (Å²) in [7, 11) is 0.831. The van der Waals surface area contributed by atoms with Gasteiger partial charge < -0.3 is 20.4 Å². The van der Waals surface area contributed by atoms with Gasteiger partial charge in [0.05, 0.1) is 4.90 Å². The van der Waals surface area contributed by atoms with Crippen LogP contribution in [0.5, 0.6) is 0 Å². The first-order valence-electron chi connectivity index (χ1n) is 10.0. The minimum Gasteiger partial charge on any atom is -0.356 e. The molecule has 1 heterocycles. The largest absolute Gasteiger partial charge is 0.356 e. The maximum atomic E-state index is 11.5. The van der Waals surface area contributed by atoms with E-state index in [1.165, 1.54) is 45.4 Å². The van der Waals surface area contributed by atoms with Gasteiger partial charge in [0.2, 0.25) is 0 Å². The fourth-order valence-electron chi connectivity index (χ4n) is 3.19. The quantitative estimate of drug-likeness (QED) is 0.357. The van der Waals surface area contributed by atoms with E-state index in [1.807, 2.05) is 12.1 Å². The van der Waals surface area contributed by atoms with Gasteiger partial charge in [-0.2, -0.15) is 0 Å². The van der Waals surface area contributed by atoms with Crippen LogP contribution in [0.25, 0.3) is 0 Å². The highest BCUT2D eigenvalue weighted by molar-refractivity contribution is 7.90. The van der Waals surface area contributed by atoms with Crippen molar-refractivity contribution >= 4 is 15.8 Å². The molecule has 1 aromatic carbocycles. The van der Waals surface area contributed by atoms with Crippen LogP contribution in [0.15, 0.2) is 34.2 Å². The van der Waals surface area contributed by atoms with E-state index >= 15 is 0 Å². The van der Waals surface area contributed by atoms with Crippen molar-refractivity contribution in [1.82, 2.24) is 20.4 Å². The molecular formula is C20H35N5O2S. The topological polar surface area (TPSA) is 77.0 Å². The number of guanidine groups is 1. The van der Waals surface area contributed by atoms with Gasteiger partial charge >= 0.3 is 0 Å². The van der Waals surface area contributed by atoms with Crippen molar-refractivity contribution in [2.24, 2.45) is 4.99 Å². The number of rotatable bonds is 9. The number of piperazine rings is 1. The van der Waals surface area contributed by atoms with Crippen LogP contribution in [-0.2, 0) is 16.3 Å². The molecule has 0 bridgehead atoms. The van der Waals surface area contributed by atoms with Gasteiger partial charge in [-0.1, -0.05) is 12.1 Å². The smallest absolute Gasteiger partial charge is 0.190 e. The first-order chi connectivity index (χ1) is 13.4. The summed E-state index contributed by atoms with van der Waals surface area (Å²) >= 11 is 0. The number of nitrogens with one attached hydrogen (secondary N) is 2. The van der Waals surface area contributed by atoms with Gasteiger partial charge in [-0.3, -0.25) is 4.99 Å². The number of benzene rings is 1. The molecule has 0 aromatic heterocycles. The van der Waals surface area contributed by atoms with Gasteiger partial charge in [-0.15, -0.1) is 0 Å². The number of hydrogen-bond acceptors (Lipinski definition) is 5. The lowest BCUT2D eigenvalue weighted by Gasteiger charge is -2.32. The third-order valence-corrected chi connectivity index (χ3v) is 6.20. The van der Waals surface area contributed by atoms with Crippen molar-refractivity contribution < 1.29 is 8.42 Å². The van der Waals surface area contributed by atoms with E-state index in [-0.39, 0.29) is 0 Å². The van der Waals surface area contributed by atoms with Crippen LogP contribution in [0.1, 0.15) is 18.4 Å². The fraction of sp³-hybridized carbons (Fsp3) is 0.650. The van der Waals surface area contributed by atoms with Crippen LogP contribution in [0.3, 0.4) is 0 Å². The molecule has 0 aliphatic carbocycles. The summed E-state index contributed by atoms with van der Waals surface area (Å²) < 4.78 is 23.0. The standard InChI is InChI=1S/C20H35N5O2S/c1-21-20(22-11-4-5-13-25-16-14-24(2)15-17-25)23-12-10-18-6-8-19(9-7-18)28(3,26)27/h6-9H,4-5,10-17H2,1-3H3,(H2,21,22,23). The van der Waals surface area contributed by atoms with Gasteiger partial charge in [0.1, 0.15) is 0 Å². The van der Waals surface area contributed by atoms with E-state index in [0.29, 0.717) is 4.90 Å². The summed E-state index contributed by atoms with van der Waals surface area (Å²) in [6.07, 6.45) is 4.36. The van der Waals surface area contributed by atoms with Gasteiger partial charge in [0.15, 0.2) is 15.8 Å². The van der Waals surface area contributed by atoms with Gasteiger partial charge in [0.25, 0.3) is 0 Å².